The maximum Gasteiger partial charge on any atom is 0.314 e. The summed E-state index contributed by atoms with van der Waals surface area (Å²) in [4.78, 5) is 14.3. The Morgan fingerprint density at radius 2 is 1.89 bits per heavy atom. The Bertz CT molecular complexity index is 62.8. The molecule has 4 N–H and O–H groups in total. The van der Waals surface area contributed by atoms with Gasteiger partial charge in [-0.3, -0.25) is 4.57 Å². The molecule has 0 aliphatic heterocycles. The van der Waals surface area contributed by atoms with Gasteiger partial charge in [0.25, 0.3) is 0 Å². The van der Waals surface area contributed by atoms with Crippen molar-refractivity contribution >= 4 is 8.25 Å². The molecule has 5 heteroatoms. The van der Waals surface area contributed by atoms with Crippen molar-refractivity contribution in [1.29, 1.82) is 0 Å². The third kappa shape index (κ3) is 68.0. The molecular formula is C4H14NO3P. The van der Waals surface area contributed by atoms with Crippen molar-refractivity contribution in [2.45, 2.75) is 19.8 Å². The Hall–Kier alpha value is 0.110. The van der Waals surface area contributed by atoms with Crippen LogP contribution in [0.25, 0.3) is 0 Å². The standard InChI is InChI=1S/C4H11N.H3O3P/c1-2-3-4-5;1-4(2)3/h2-5H2,1H3;4H,(H2,1,2,3). The van der Waals surface area contributed by atoms with Gasteiger partial charge in [-0.2, -0.15) is 0 Å². The third-order valence-electron chi connectivity index (χ3n) is 0.558. The summed E-state index contributed by atoms with van der Waals surface area (Å²) < 4.78 is 8.74. The fraction of sp³-hybridized carbons (Fsp3) is 1.00. The average molecular weight is 155 g/mol. The first kappa shape index (κ1) is 11.9. The minimum Gasteiger partial charge on any atom is -0.330 e. The molecule has 0 saturated carbocycles. The van der Waals surface area contributed by atoms with Gasteiger partial charge in [-0.1, -0.05) is 13.3 Å². The van der Waals surface area contributed by atoms with Crippen LogP contribution in [0.15, 0.2) is 0 Å². The molecule has 0 aliphatic carbocycles. The Morgan fingerprint density at radius 3 is 1.89 bits per heavy atom. The molecule has 0 atom stereocenters. The Labute approximate surface area is 55.6 Å². The average Bonchev–Trinajstić information content (AvgIpc) is 1.66. The molecule has 0 aliphatic rings. The van der Waals surface area contributed by atoms with Crippen molar-refractivity contribution in [3.8, 4) is 0 Å². The predicted octanol–water partition coefficient (Wildman–Crippen LogP) is 0.106. The second-order valence-electron chi connectivity index (χ2n) is 1.42. The molecule has 0 fully saturated rings. The highest BCUT2D eigenvalue weighted by Gasteiger charge is 1.67. The molecule has 0 aromatic rings. The zero-order valence-electron chi connectivity index (χ0n) is 5.50. The van der Waals surface area contributed by atoms with E-state index in [1.807, 2.05) is 0 Å². The quantitative estimate of drug-likeness (QED) is 0.494. The van der Waals surface area contributed by atoms with Crippen LogP contribution in [0.3, 0.4) is 0 Å². The fourth-order valence-electron chi connectivity index (χ4n) is 0.204. The molecule has 0 rings (SSSR count). The van der Waals surface area contributed by atoms with Gasteiger partial charge < -0.3 is 15.5 Å². The van der Waals surface area contributed by atoms with Gasteiger partial charge >= 0.3 is 8.25 Å². The first-order valence-electron chi connectivity index (χ1n) is 2.77. The molecule has 9 heavy (non-hydrogen) atoms. The van der Waals surface area contributed by atoms with Crippen molar-refractivity contribution in [1.82, 2.24) is 0 Å². The van der Waals surface area contributed by atoms with E-state index in [1.54, 1.807) is 0 Å². The Morgan fingerprint density at radius 1 is 1.56 bits per heavy atom. The van der Waals surface area contributed by atoms with Gasteiger partial charge in [0.2, 0.25) is 0 Å². The van der Waals surface area contributed by atoms with Crippen molar-refractivity contribution in [3.63, 3.8) is 0 Å². The number of nitrogens with two attached hydrogens (primary N) is 1. The van der Waals surface area contributed by atoms with Crippen LogP contribution in [0.4, 0.5) is 0 Å². The van der Waals surface area contributed by atoms with E-state index in [-0.39, 0.29) is 0 Å². The topological polar surface area (TPSA) is 83.6 Å². The van der Waals surface area contributed by atoms with E-state index in [0.717, 1.165) is 6.54 Å². The van der Waals surface area contributed by atoms with Gasteiger partial charge in [0.05, 0.1) is 0 Å². The van der Waals surface area contributed by atoms with Crippen LogP contribution >= 0.6 is 8.25 Å². The van der Waals surface area contributed by atoms with Crippen molar-refractivity contribution in [3.05, 3.63) is 0 Å². The Kier molecular flexibility index (Phi) is 14.5. The molecule has 0 aromatic carbocycles. The van der Waals surface area contributed by atoms with Gasteiger partial charge in [-0.05, 0) is 13.0 Å². The summed E-state index contributed by atoms with van der Waals surface area (Å²) in [6.07, 6.45) is 2.39. The van der Waals surface area contributed by atoms with Gasteiger partial charge in [0, 0.05) is 0 Å². The highest BCUT2D eigenvalue weighted by atomic mass is 31.1. The highest BCUT2D eigenvalue weighted by molar-refractivity contribution is 7.30. The molecule has 0 heterocycles. The normalized spacial score (nSPS) is 8.56. The molecule has 4 nitrogen and oxygen atoms in total. The minimum atomic E-state index is -3.13. The fourth-order valence-corrected chi connectivity index (χ4v) is 0.204. The number of hydrogen-bond acceptors (Lipinski definition) is 2. The van der Waals surface area contributed by atoms with Gasteiger partial charge in [0.1, 0.15) is 0 Å². The van der Waals surface area contributed by atoms with E-state index in [2.05, 4.69) is 6.92 Å². The molecule has 0 saturated heterocycles. The number of unbranched alkanes of at least 4 members (excludes halogenated alkanes) is 1. The lowest BCUT2D eigenvalue weighted by Crippen LogP contribution is -1.95. The molecular weight excluding hydrogens is 141 g/mol. The maximum absolute atomic E-state index is 8.74. The minimum absolute atomic E-state index is 0.844. The smallest absolute Gasteiger partial charge is 0.314 e. The predicted molar refractivity (Wildman–Crippen MR) is 37.4 cm³/mol. The second-order valence-corrected chi connectivity index (χ2v) is 1.99. The van der Waals surface area contributed by atoms with Crippen molar-refractivity contribution < 1.29 is 14.4 Å². The molecule has 0 aromatic heterocycles. The maximum atomic E-state index is 8.74. The Balaban J connectivity index is 0. The zero-order chi connectivity index (χ0) is 7.70. The number of hydrogen-bond donors (Lipinski definition) is 3. The van der Waals surface area contributed by atoms with E-state index in [9.17, 15) is 0 Å². The van der Waals surface area contributed by atoms with E-state index in [1.165, 1.54) is 12.8 Å². The first-order chi connectivity index (χ1) is 4.15. The van der Waals surface area contributed by atoms with Crippen LogP contribution in [0.1, 0.15) is 19.8 Å². The van der Waals surface area contributed by atoms with Crippen LogP contribution in [0.2, 0.25) is 0 Å². The summed E-state index contributed by atoms with van der Waals surface area (Å²) >= 11 is 0. The van der Waals surface area contributed by atoms with Gasteiger partial charge in [-0.25, -0.2) is 0 Å². The third-order valence-corrected chi connectivity index (χ3v) is 0.558. The molecule has 58 valence electrons. The number of rotatable bonds is 2. The lowest BCUT2D eigenvalue weighted by atomic mass is 10.3. The summed E-state index contributed by atoms with van der Waals surface area (Å²) in [5, 5.41) is 0. The second kappa shape index (κ2) is 11.0. The van der Waals surface area contributed by atoms with Gasteiger partial charge in [-0.15, -0.1) is 0 Å². The van der Waals surface area contributed by atoms with Gasteiger partial charge in [0.15, 0.2) is 0 Å². The van der Waals surface area contributed by atoms with E-state index >= 15 is 0 Å². The molecule has 0 spiro atoms. The van der Waals surface area contributed by atoms with Crippen LogP contribution in [-0.4, -0.2) is 16.3 Å². The summed E-state index contributed by atoms with van der Waals surface area (Å²) in [5.74, 6) is 0. The molecule has 0 bridgehead atoms. The van der Waals surface area contributed by atoms with Crippen LogP contribution < -0.4 is 5.73 Å². The monoisotopic (exact) mass is 155 g/mol. The first-order valence-corrected chi connectivity index (χ1v) is 4.07. The molecule has 0 radical (unpaired) electrons. The van der Waals surface area contributed by atoms with Crippen LogP contribution in [-0.2, 0) is 4.57 Å². The SMILES string of the molecule is CCCCN.O=[PH](O)O. The molecule has 0 amide bonds. The van der Waals surface area contributed by atoms with Crippen LogP contribution in [0.5, 0.6) is 0 Å². The van der Waals surface area contributed by atoms with E-state index < -0.39 is 8.25 Å². The zero-order valence-corrected chi connectivity index (χ0v) is 6.50. The van der Waals surface area contributed by atoms with E-state index in [4.69, 9.17) is 20.1 Å². The lowest BCUT2D eigenvalue weighted by Gasteiger charge is -1.80. The van der Waals surface area contributed by atoms with Crippen molar-refractivity contribution in [2.75, 3.05) is 6.54 Å². The summed E-state index contributed by atoms with van der Waals surface area (Å²) in [7, 11) is -3.13. The largest absolute Gasteiger partial charge is 0.330 e. The highest BCUT2D eigenvalue weighted by Crippen LogP contribution is 1.98. The summed E-state index contributed by atoms with van der Waals surface area (Å²) in [5.41, 5.74) is 5.14. The van der Waals surface area contributed by atoms with E-state index in [0.29, 0.717) is 0 Å². The van der Waals surface area contributed by atoms with Crippen molar-refractivity contribution in [2.24, 2.45) is 5.73 Å². The summed E-state index contributed by atoms with van der Waals surface area (Å²) in [6, 6.07) is 0. The summed E-state index contributed by atoms with van der Waals surface area (Å²) in [6.45, 7) is 2.98. The van der Waals surface area contributed by atoms with Crippen LogP contribution in [0, 0.1) is 0 Å². The lowest BCUT2D eigenvalue weighted by molar-refractivity contribution is 0.405. The molecule has 0 unspecified atom stereocenters.